The van der Waals surface area contributed by atoms with Crippen LogP contribution in [0.1, 0.15) is 18.1 Å². The van der Waals surface area contributed by atoms with E-state index < -0.39 is 50.7 Å². The van der Waals surface area contributed by atoms with Crippen LogP contribution in [0.15, 0.2) is 30.3 Å². The molecule has 1 aromatic rings. The van der Waals surface area contributed by atoms with Gasteiger partial charge in [0.25, 0.3) is 11.8 Å². The Morgan fingerprint density at radius 1 is 1.15 bits per heavy atom. The summed E-state index contributed by atoms with van der Waals surface area (Å²) in [5.41, 5.74) is 0.122. The maximum absolute atomic E-state index is 12.8. The van der Waals surface area contributed by atoms with E-state index in [0.717, 1.165) is 4.90 Å². The maximum atomic E-state index is 12.8. The Morgan fingerprint density at radius 2 is 1.77 bits per heavy atom. The van der Waals surface area contributed by atoms with Crippen molar-refractivity contribution in [2.75, 3.05) is 6.54 Å². The number of rotatable bonds is 5. The van der Waals surface area contributed by atoms with Gasteiger partial charge in [0, 0.05) is 6.54 Å². The van der Waals surface area contributed by atoms with Crippen LogP contribution in [0, 0.1) is 0 Å². The molecule has 0 saturated carbocycles. The average molecular weight is 406 g/mol. The molecule has 11 nitrogen and oxygen atoms in total. The molecule has 2 saturated heterocycles. The molecule has 0 radical (unpaired) electrons. The first-order chi connectivity index (χ1) is 12.0. The summed E-state index contributed by atoms with van der Waals surface area (Å²) in [7, 11) is -9.73. The van der Waals surface area contributed by atoms with E-state index in [1.165, 1.54) is 24.3 Å². The second kappa shape index (κ2) is 6.28. The summed E-state index contributed by atoms with van der Waals surface area (Å²) in [6.45, 7) is -0.0515. The SMILES string of the molecule is O=C(C(OS(=O)(=O)O)c1ccccc1)N1CC[C@@H]2[C@H]1C(=O)N2S(=O)(=O)O. The number of amides is 2. The molecule has 3 rings (SSSR count). The Kier molecular flexibility index (Phi) is 4.52. The number of carbonyl (C=O) groups is 2. The third-order valence-corrected chi connectivity index (χ3v) is 5.60. The first-order valence-electron chi connectivity index (χ1n) is 7.32. The highest BCUT2D eigenvalue weighted by Gasteiger charge is 2.60. The van der Waals surface area contributed by atoms with Crippen molar-refractivity contribution in [3.05, 3.63) is 35.9 Å². The molecule has 2 amide bonds. The molecule has 26 heavy (non-hydrogen) atoms. The zero-order chi connectivity index (χ0) is 19.3. The molecule has 13 heteroatoms. The van der Waals surface area contributed by atoms with E-state index in [4.69, 9.17) is 9.11 Å². The summed E-state index contributed by atoms with van der Waals surface area (Å²) in [6.07, 6.45) is -1.66. The van der Waals surface area contributed by atoms with Crippen LogP contribution in [0.25, 0.3) is 0 Å². The van der Waals surface area contributed by atoms with E-state index in [-0.39, 0.29) is 22.8 Å². The molecule has 142 valence electrons. The van der Waals surface area contributed by atoms with Gasteiger partial charge in [-0.2, -0.15) is 16.8 Å². The van der Waals surface area contributed by atoms with Crippen LogP contribution in [0.2, 0.25) is 0 Å². The monoisotopic (exact) mass is 406 g/mol. The van der Waals surface area contributed by atoms with Crippen molar-refractivity contribution in [2.24, 2.45) is 0 Å². The quantitative estimate of drug-likeness (QED) is 0.470. The lowest BCUT2D eigenvalue weighted by atomic mass is 9.99. The number of β-lactam (4-membered cyclic amide) rings is 1. The van der Waals surface area contributed by atoms with Crippen molar-refractivity contribution < 1.29 is 39.7 Å². The van der Waals surface area contributed by atoms with Crippen LogP contribution in [0.3, 0.4) is 0 Å². The summed E-state index contributed by atoms with van der Waals surface area (Å²) in [4.78, 5) is 25.8. The minimum Gasteiger partial charge on any atom is -0.326 e. The second-order valence-electron chi connectivity index (χ2n) is 5.76. The van der Waals surface area contributed by atoms with Crippen LogP contribution >= 0.6 is 0 Å². The number of fused-ring (bicyclic) bond motifs is 1. The summed E-state index contributed by atoms with van der Waals surface area (Å²) in [6, 6.07) is 5.37. The standard InChI is InChI=1S/C13H14N2O9S2/c16-12-10-9(15(12)25(18,19)20)6-7-14(10)13(17)11(24-26(21,22)23)8-4-2-1-3-5-8/h1-5,9-11H,6-7H2,(H,18,19,20)(H,21,22,23)/t9-,10+,11?/m1/s1. The van der Waals surface area contributed by atoms with E-state index in [1.807, 2.05) is 0 Å². The van der Waals surface area contributed by atoms with Crippen LogP contribution in [0.4, 0.5) is 0 Å². The van der Waals surface area contributed by atoms with Crippen LogP contribution in [0.5, 0.6) is 0 Å². The predicted molar refractivity (Wildman–Crippen MR) is 84.1 cm³/mol. The lowest BCUT2D eigenvalue weighted by molar-refractivity contribution is -0.155. The molecular formula is C13H14N2O9S2. The van der Waals surface area contributed by atoms with E-state index in [9.17, 15) is 26.4 Å². The summed E-state index contributed by atoms with van der Waals surface area (Å²) in [5, 5.41) is 0. The zero-order valence-electron chi connectivity index (χ0n) is 13.0. The summed E-state index contributed by atoms with van der Waals surface area (Å²) in [5.74, 6) is -1.92. The number of hydrogen-bond acceptors (Lipinski definition) is 7. The van der Waals surface area contributed by atoms with Crippen LogP contribution in [-0.2, 0) is 34.5 Å². The Labute approximate surface area is 149 Å². The highest BCUT2D eigenvalue weighted by atomic mass is 32.3. The Hall–Kier alpha value is -2.06. The van der Waals surface area contributed by atoms with E-state index in [0.29, 0.717) is 0 Å². The fourth-order valence-corrected chi connectivity index (χ4v) is 4.54. The third kappa shape index (κ3) is 3.31. The fourth-order valence-electron chi connectivity index (χ4n) is 3.20. The molecule has 2 N–H and O–H groups in total. The molecule has 0 aromatic heterocycles. The van der Waals surface area contributed by atoms with Gasteiger partial charge < -0.3 is 4.90 Å². The van der Waals surface area contributed by atoms with E-state index >= 15 is 0 Å². The molecule has 0 spiro atoms. The smallest absolute Gasteiger partial charge is 0.326 e. The molecule has 2 aliphatic rings. The highest BCUT2D eigenvalue weighted by Crippen LogP contribution is 2.37. The second-order valence-corrected chi connectivity index (χ2v) is 8.10. The lowest BCUT2D eigenvalue weighted by Gasteiger charge is -2.42. The van der Waals surface area contributed by atoms with Gasteiger partial charge in [-0.15, -0.1) is 0 Å². The largest absolute Gasteiger partial charge is 0.398 e. The van der Waals surface area contributed by atoms with Crippen molar-refractivity contribution in [1.29, 1.82) is 0 Å². The molecule has 0 aliphatic carbocycles. The number of likely N-dealkylation sites (tertiary alicyclic amines) is 1. The minimum atomic E-state index is -4.99. The Balaban J connectivity index is 1.88. The van der Waals surface area contributed by atoms with E-state index in [2.05, 4.69) is 4.18 Å². The van der Waals surface area contributed by atoms with Gasteiger partial charge in [0.05, 0.1) is 6.04 Å². The Morgan fingerprint density at radius 3 is 2.31 bits per heavy atom. The normalized spacial score (nSPS) is 24.2. The van der Waals surface area contributed by atoms with Gasteiger partial charge in [0.15, 0.2) is 6.10 Å². The molecule has 1 aromatic carbocycles. The fraction of sp³-hybridized carbons (Fsp3) is 0.385. The van der Waals surface area contributed by atoms with Crippen molar-refractivity contribution in [2.45, 2.75) is 24.6 Å². The maximum Gasteiger partial charge on any atom is 0.398 e. The zero-order valence-corrected chi connectivity index (χ0v) is 14.6. The highest BCUT2D eigenvalue weighted by molar-refractivity contribution is 7.84. The van der Waals surface area contributed by atoms with Crippen molar-refractivity contribution in [3.8, 4) is 0 Å². The van der Waals surface area contributed by atoms with Gasteiger partial charge in [-0.25, -0.2) is 8.49 Å². The molecule has 2 heterocycles. The first kappa shape index (κ1) is 18.7. The van der Waals surface area contributed by atoms with Crippen molar-refractivity contribution >= 4 is 32.5 Å². The molecule has 2 fully saturated rings. The number of hydrogen-bond donors (Lipinski definition) is 2. The van der Waals surface area contributed by atoms with Crippen LogP contribution in [-0.4, -0.2) is 65.6 Å². The first-order valence-corrected chi connectivity index (χ1v) is 10.1. The number of benzene rings is 1. The van der Waals surface area contributed by atoms with Gasteiger partial charge in [0.1, 0.15) is 6.04 Å². The van der Waals surface area contributed by atoms with Crippen LogP contribution < -0.4 is 0 Å². The molecule has 2 aliphatic heterocycles. The topological polar surface area (TPSA) is 159 Å². The number of carbonyl (C=O) groups excluding carboxylic acids is 2. The predicted octanol–water partition coefficient (Wildman–Crippen LogP) is -0.838. The summed E-state index contributed by atoms with van der Waals surface area (Å²) < 4.78 is 67.4. The van der Waals surface area contributed by atoms with Crippen molar-refractivity contribution in [3.63, 3.8) is 0 Å². The average Bonchev–Trinajstić information content (AvgIpc) is 2.89. The molecule has 3 atom stereocenters. The summed E-state index contributed by atoms with van der Waals surface area (Å²) >= 11 is 0. The molecular weight excluding hydrogens is 392 g/mol. The van der Waals surface area contributed by atoms with E-state index in [1.54, 1.807) is 6.07 Å². The lowest BCUT2D eigenvalue weighted by Crippen LogP contribution is -2.68. The molecule has 0 bridgehead atoms. The minimum absolute atomic E-state index is 0.0515. The Bertz CT molecular complexity index is 945. The van der Waals surface area contributed by atoms with Gasteiger partial charge >= 0.3 is 20.7 Å². The van der Waals surface area contributed by atoms with Gasteiger partial charge in [0.2, 0.25) is 0 Å². The van der Waals surface area contributed by atoms with Crippen molar-refractivity contribution in [1.82, 2.24) is 9.21 Å². The van der Waals surface area contributed by atoms with Gasteiger partial charge in [-0.3, -0.25) is 18.7 Å². The number of nitrogens with zero attached hydrogens (tertiary/aromatic N) is 2. The molecule has 1 unspecified atom stereocenters. The van der Waals surface area contributed by atoms with Gasteiger partial charge in [-0.1, -0.05) is 30.3 Å². The van der Waals surface area contributed by atoms with Gasteiger partial charge in [-0.05, 0) is 12.0 Å². The third-order valence-electron chi connectivity index (χ3n) is 4.21.